The highest BCUT2D eigenvalue weighted by atomic mass is 32.2. The first-order valence-electron chi connectivity index (χ1n) is 9.04. The molecule has 3 heterocycles. The Labute approximate surface area is 166 Å². The van der Waals surface area contributed by atoms with Gasteiger partial charge in [-0.1, -0.05) is 0 Å². The molecule has 7 nitrogen and oxygen atoms in total. The van der Waals surface area contributed by atoms with Gasteiger partial charge in [-0.3, -0.25) is 9.19 Å². The van der Waals surface area contributed by atoms with Gasteiger partial charge >= 0.3 is 0 Å². The number of fused-ring (bicyclic) bond motifs is 2. The molecule has 3 aromatic rings. The third-order valence-corrected chi connectivity index (χ3v) is 6.64. The highest BCUT2D eigenvalue weighted by Gasteiger charge is 2.50. The van der Waals surface area contributed by atoms with Crippen LogP contribution in [0.25, 0.3) is 11.0 Å². The van der Waals surface area contributed by atoms with Crippen molar-refractivity contribution in [2.45, 2.75) is 49.7 Å². The summed E-state index contributed by atoms with van der Waals surface area (Å²) in [4.78, 5) is 12.0. The number of methoxy groups -OCH3 is 1. The summed E-state index contributed by atoms with van der Waals surface area (Å²) in [6, 6.07) is 7.37. The smallest absolute Gasteiger partial charge is 0.197 e. The summed E-state index contributed by atoms with van der Waals surface area (Å²) < 4.78 is 18.1. The Bertz CT molecular complexity index is 1090. The fraction of sp³-hybridized carbons (Fsp3) is 0.400. The molecular weight excluding hydrogens is 376 g/mol. The summed E-state index contributed by atoms with van der Waals surface area (Å²) in [5, 5.41) is 14.2. The van der Waals surface area contributed by atoms with Crippen LogP contribution in [0.4, 0.5) is 0 Å². The van der Waals surface area contributed by atoms with Crippen molar-refractivity contribution in [3.05, 3.63) is 47.3 Å². The van der Waals surface area contributed by atoms with Crippen molar-refractivity contribution in [3.63, 3.8) is 0 Å². The fourth-order valence-electron chi connectivity index (χ4n) is 3.89. The van der Waals surface area contributed by atoms with Crippen molar-refractivity contribution in [1.29, 1.82) is 0 Å². The summed E-state index contributed by atoms with van der Waals surface area (Å²) in [5.41, 5.74) is 2.73. The van der Waals surface area contributed by atoms with Crippen LogP contribution in [-0.4, -0.2) is 31.3 Å². The van der Waals surface area contributed by atoms with Crippen LogP contribution in [0.2, 0.25) is 0 Å². The van der Waals surface area contributed by atoms with E-state index in [2.05, 4.69) is 15.0 Å². The maximum Gasteiger partial charge on any atom is 0.197 e. The third kappa shape index (κ3) is 2.83. The van der Waals surface area contributed by atoms with Crippen LogP contribution in [-0.2, 0) is 32.8 Å². The maximum atomic E-state index is 12.9. The first-order valence-corrected chi connectivity index (χ1v) is 10.4. The van der Waals surface area contributed by atoms with E-state index in [0.29, 0.717) is 16.6 Å². The third-order valence-electron chi connectivity index (χ3n) is 5.46. The van der Waals surface area contributed by atoms with E-state index >= 15 is 0 Å². The molecule has 2 aromatic heterocycles. The van der Waals surface area contributed by atoms with Crippen molar-refractivity contribution >= 4 is 21.8 Å². The van der Waals surface area contributed by atoms with Crippen LogP contribution in [0.5, 0.6) is 5.75 Å². The van der Waals surface area contributed by atoms with E-state index in [1.165, 1.54) is 0 Å². The second kappa shape index (κ2) is 6.37. The highest BCUT2D eigenvalue weighted by molar-refractivity contribution is 7.84. The zero-order chi connectivity index (χ0) is 20.3. The lowest BCUT2D eigenvalue weighted by Crippen LogP contribution is -2.41. The van der Waals surface area contributed by atoms with E-state index in [-0.39, 0.29) is 5.75 Å². The van der Waals surface area contributed by atoms with Crippen LogP contribution in [0.15, 0.2) is 35.6 Å². The molecule has 0 bridgehead atoms. The number of pyridine rings is 1. The molecule has 28 heavy (non-hydrogen) atoms. The van der Waals surface area contributed by atoms with Crippen molar-refractivity contribution in [2.75, 3.05) is 7.11 Å². The van der Waals surface area contributed by atoms with Gasteiger partial charge < -0.3 is 9.72 Å². The van der Waals surface area contributed by atoms with Crippen molar-refractivity contribution in [2.24, 2.45) is 0 Å². The Morgan fingerprint density at radius 2 is 1.86 bits per heavy atom. The molecule has 1 atom stereocenters. The summed E-state index contributed by atoms with van der Waals surface area (Å²) in [5.74, 6) is 0.931. The fourth-order valence-corrected chi connectivity index (χ4v) is 4.88. The Balaban J connectivity index is 1.64. The number of hydrogen-bond acceptors (Lipinski definition) is 5. The van der Waals surface area contributed by atoms with Gasteiger partial charge in [0.05, 0.1) is 51.5 Å². The van der Waals surface area contributed by atoms with Gasteiger partial charge in [0.25, 0.3) is 0 Å². The summed E-state index contributed by atoms with van der Waals surface area (Å²) in [6.45, 7) is 7.60. The number of aromatic nitrogens is 3. The zero-order valence-corrected chi connectivity index (χ0v) is 17.4. The predicted octanol–water partition coefficient (Wildman–Crippen LogP) is 3.41. The Morgan fingerprint density at radius 3 is 2.57 bits per heavy atom. The van der Waals surface area contributed by atoms with Crippen molar-refractivity contribution in [3.8, 4) is 5.75 Å². The molecule has 0 saturated carbocycles. The molecule has 0 spiro atoms. The predicted molar refractivity (Wildman–Crippen MR) is 106 cm³/mol. The molecule has 1 aliphatic heterocycles. The lowest BCUT2D eigenvalue weighted by atomic mass is 9.92. The summed E-state index contributed by atoms with van der Waals surface area (Å²) in [7, 11) is 0.213. The first kappa shape index (κ1) is 19.0. The normalized spacial score (nSPS) is 18.9. The molecule has 147 valence electrons. The molecule has 1 N–H and O–H groups in total. The number of benzene rings is 1. The Hall–Kier alpha value is -2.29. The van der Waals surface area contributed by atoms with Crippen molar-refractivity contribution in [1.82, 2.24) is 20.0 Å². The second-order valence-corrected chi connectivity index (χ2v) is 9.41. The number of ether oxygens (including phenoxy) is 1. The first-order chi connectivity index (χ1) is 13.1. The number of nitrogens with one attached hydrogen (secondary N) is 1. The van der Waals surface area contributed by atoms with Crippen LogP contribution < -0.4 is 4.74 Å². The van der Waals surface area contributed by atoms with E-state index in [4.69, 9.17) is 4.74 Å². The quantitative estimate of drug-likeness (QED) is 0.726. The molecule has 1 radical (unpaired) electrons. The van der Waals surface area contributed by atoms with E-state index in [1.807, 2.05) is 52.0 Å². The van der Waals surface area contributed by atoms with E-state index < -0.39 is 21.9 Å². The minimum absolute atomic E-state index is 0.222. The van der Waals surface area contributed by atoms with Gasteiger partial charge in [0.15, 0.2) is 5.16 Å². The minimum Gasteiger partial charge on any atom is -0.497 e. The summed E-state index contributed by atoms with van der Waals surface area (Å²) in [6.07, 6.45) is 1.74. The minimum atomic E-state index is -1.39. The molecular formula is C20H23N4O3S. The van der Waals surface area contributed by atoms with E-state index in [1.54, 1.807) is 13.3 Å². The highest BCUT2D eigenvalue weighted by Crippen LogP contribution is 2.48. The standard InChI is InChI=1S/C20H23N4O3S/c1-19(2)14-8-12(21-10-15(14)20(3,4)24(19)25)11-28(26)18-22-16-7-6-13(27-5)9-17(16)23-18/h6-10H,11H2,1-5H3,(H,22,23). The van der Waals surface area contributed by atoms with Gasteiger partial charge in [-0.25, -0.2) is 4.98 Å². The van der Waals surface area contributed by atoms with Gasteiger partial charge in [-0.2, -0.15) is 0 Å². The molecule has 1 aromatic carbocycles. The molecule has 4 rings (SSSR count). The number of nitrogens with zero attached hydrogens (tertiary/aromatic N) is 3. The van der Waals surface area contributed by atoms with Crippen molar-refractivity contribution < 1.29 is 14.2 Å². The molecule has 8 heteroatoms. The van der Waals surface area contributed by atoms with E-state index in [0.717, 1.165) is 27.2 Å². The number of hydroxylamine groups is 2. The number of H-pyrrole nitrogens is 1. The van der Waals surface area contributed by atoms with Crippen LogP contribution in [0.1, 0.15) is 44.5 Å². The molecule has 1 unspecified atom stereocenters. The van der Waals surface area contributed by atoms with E-state index in [9.17, 15) is 9.42 Å². The van der Waals surface area contributed by atoms with Crippen LogP contribution in [0.3, 0.4) is 0 Å². The number of rotatable bonds is 4. The lowest BCUT2D eigenvalue weighted by molar-refractivity contribution is -0.266. The molecule has 0 fully saturated rings. The average Bonchev–Trinajstić information content (AvgIpc) is 3.14. The number of imidazole rings is 1. The molecule has 0 saturated heterocycles. The average molecular weight is 399 g/mol. The molecule has 0 amide bonds. The van der Waals surface area contributed by atoms with Gasteiger partial charge in [0.2, 0.25) is 0 Å². The largest absolute Gasteiger partial charge is 0.497 e. The van der Waals surface area contributed by atoms with Gasteiger partial charge in [-0.15, -0.1) is 10.3 Å². The van der Waals surface area contributed by atoms with Gasteiger partial charge in [-0.05, 0) is 57.0 Å². The van der Waals surface area contributed by atoms with Crippen LogP contribution >= 0.6 is 0 Å². The monoisotopic (exact) mass is 399 g/mol. The summed E-state index contributed by atoms with van der Waals surface area (Å²) >= 11 is 0. The molecule has 0 aliphatic carbocycles. The molecule has 1 aliphatic rings. The van der Waals surface area contributed by atoms with Gasteiger partial charge in [0, 0.05) is 12.3 Å². The topological polar surface area (TPSA) is 91.0 Å². The number of hydrogen-bond donors (Lipinski definition) is 1. The second-order valence-electron chi connectivity index (χ2n) is 8.05. The van der Waals surface area contributed by atoms with Gasteiger partial charge in [0.1, 0.15) is 5.75 Å². The van der Waals surface area contributed by atoms with Crippen LogP contribution in [0, 0.1) is 0 Å². The lowest BCUT2D eigenvalue weighted by Gasteiger charge is -2.32. The zero-order valence-electron chi connectivity index (χ0n) is 16.6. The Morgan fingerprint density at radius 1 is 1.14 bits per heavy atom. The SMILES string of the molecule is COc1ccc2nc(S(=O)Cc3cc4c(cn3)C(C)(C)N([O])C4(C)C)[nH]c2c1. The maximum absolute atomic E-state index is 12.9. The Kier molecular flexibility index (Phi) is 4.33. The number of aromatic amines is 1.